The first-order valence-corrected chi connectivity index (χ1v) is 8.57. The molecule has 0 radical (unpaired) electrons. The number of carbonyl (C=O) groups is 1. The minimum absolute atomic E-state index is 0.0252. The maximum Gasteiger partial charge on any atom is 0.267 e. The number of anilines is 1. The van der Waals surface area contributed by atoms with E-state index in [1.807, 2.05) is 23.9 Å². The molecule has 24 heavy (non-hydrogen) atoms. The number of rotatable bonds is 4. The predicted octanol–water partition coefficient (Wildman–Crippen LogP) is 1.39. The molecule has 128 valence electrons. The molecule has 1 aliphatic rings. The number of aryl methyl sites for hydroxylation is 1. The largest absolute Gasteiger partial charge is 0.470 e. The van der Waals surface area contributed by atoms with E-state index in [9.17, 15) is 4.79 Å². The molecule has 1 fully saturated rings. The molecule has 8 nitrogen and oxygen atoms in total. The predicted molar refractivity (Wildman–Crippen MR) is 90.6 cm³/mol. The summed E-state index contributed by atoms with van der Waals surface area (Å²) in [5.74, 6) is 1.16. The summed E-state index contributed by atoms with van der Waals surface area (Å²) in [6.07, 6.45) is 4.92. The van der Waals surface area contributed by atoms with Crippen molar-refractivity contribution < 1.29 is 9.53 Å². The second-order valence-corrected chi connectivity index (χ2v) is 6.65. The van der Waals surface area contributed by atoms with Gasteiger partial charge in [-0.25, -0.2) is 9.97 Å². The van der Waals surface area contributed by atoms with Crippen molar-refractivity contribution in [3.05, 3.63) is 23.0 Å². The van der Waals surface area contributed by atoms with Crippen LogP contribution in [-0.2, 0) is 0 Å². The van der Waals surface area contributed by atoms with Gasteiger partial charge in [0.15, 0.2) is 5.82 Å². The average Bonchev–Trinajstić information content (AvgIpc) is 3.01. The van der Waals surface area contributed by atoms with Crippen LogP contribution in [0.25, 0.3) is 0 Å². The molecular formula is C15H20N6O2S. The molecular weight excluding hydrogens is 328 g/mol. The summed E-state index contributed by atoms with van der Waals surface area (Å²) in [4.78, 5) is 25.5. The Labute approximate surface area is 144 Å². The molecule has 2 aromatic rings. The summed E-state index contributed by atoms with van der Waals surface area (Å²) < 4.78 is 9.88. The zero-order chi connectivity index (χ0) is 17.1. The Hall–Kier alpha value is -2.29. The number of carbonyl (C=O) groups excluding carboxylic acids is 1. The van der Waals surface area contributed by atoms with Crippen LogP contribution in [-0.4, -0.2) is 63.7 Å². The maximum absolute atomic E-state index is 12.6. The van der Waals surface area contributed by atoms with E-state index in [4.69, 9.17) is 4.74 Å². The highest BCUT2D eigenvalue weighted by Crippen LogP contribution is 2.25. The third kappa shape index (κ3) is 3.45. The molecule has 0 saturated carbocycles. The molecule has 9 heteroatoms. The first-order valence-electron chi connectivity index (χ1n) is 7.79. The Morgan fingerprint density at radius 1 is 1.38 bits per heavy atom. The number of nitrogens with zero attached hydrogens (tertiary/aromatic N) is 6. The van der Waals surface area contributed by atoms with Crippen LogP contribution in [0.2, 0.25) is 0 Å². The fourth-order valence-corrected chi connectivity index (χ4v) is 3.28. The molecule has 0 aliphatic carbocycles. The monoisotopic (exact) mass is 348 g/mol. The third-order valence-corrected chi connectivity index (χ3v) is 4.68. The second kappa shape index (κ2) is 7.08. The SMILES string of the molecule is Cc1nnsc1C(=O)N1CCCC(Oc2nccnc2N(C)C)C1. The first kappa shape index (κ1) is 16.6. The zero-order valence-electron chi connectivity index (χ0n) is 14.0. The summed E-state index contributed by atoms with van der Waals surface area (Å²) in [5, 5.41) is 3.92. The van der Waals surface area contributed by atoms with Gasteiger partial charge in [-0.15, -0.1) is 5.10 Å². The van der Waals surface area contributed by atoms with Gasteiger partial charge in [0, 0.05) is 33.0 Å². The van der Waals surface area contributed by atoms with Crippen LogP contribution in [0.15, 0.2) is 12.4 Å². The number of likely N-dealkylation sites (tertiary alicyclic amines) is 1. The lowest BCUT2D eigenvalue weighted by molar-refractivity contribution is 0.0531. The van der Waals surface area contributed by atoms with Crippen molar-refractivity contribution in [1.82, 2.24) is 24.5 Å². The Bertz CT molecular complexity index is 719. The Balaban J connectivity index is 1.70. The van der Waals surface area contributed by atoms with Crippen molar-refractivity contribution in [3.8, 4) is 5.88 Å². The van der Waals surface area contributed by atoms with Crippen molar-refractivity contribution in [2.24, 2.45) is 0 Å². The van der Waals surface area contributed by atoms with Crippen LogP contribution < -0.4 is 9.64 Å². The fraction of sp³-hybridized carbons (Fsp3) is 0.533. The van der Waals surface area contributed by atoms with Crippen molar-refractivity contribution >= 4 is 23.3 Å². The van der Waals surface area contributed by atoms with Crippen molar-refractivity contribution in [1.29, 1.82) is 0 Å². The molecule has 0 spiro atoms. The van der Waals surface area contributed by atoms with Gasteiger partial charge in [-0.3, -0.25) is 4.79 Å². The second-order valence-electron chi connectivity index (χ2n) is 5.90. The summed E-state index contributed by atoms with van der Waals surface area (Å²) in [5.41, 5.74) is 0.678. The number of ether oxygens (including phenoxy) is 1. The van der Waals surface area contributed by atoms with Crippen molar-refractivity contribution in [3.63, 3.8) is 0 Å². The molecule has 1 unspecified atom stereocenters. The molecule has 2 aromatic heterocycles. The molecule has 1 aliphatic heterocycles. The molecule has 0 aromatic carbocycles. The average molecular weight is 348 g/mol. The first-order chi connectivity index (χ1) is 11.6. The van der Waals surface area contributed by atoms with Gasteiger partial charge in [0.2, 0.25) is 0 Å². The summed E-state index contributed by atoms with van der Waals surface area (Å²) in [6.45, 7) is 3.05. The Kier molecular flexibility index (Phi) is 4.89. The smallest absolute Gasteiger partial charge is 0.267 e. The van der Waals surface area contributed by atoms with E-state index in [2.05, 4.69) is 19.6 Å². The highest BCUT2D eigenvalue weighted by molar-refractivity contribution is 7.07. The van der Waals surface area contributed by atoms with E-state index < -0.39 is 0 Å². The van der Waals surface area contributed by atoms with Crippen LogP contribution in [0.4, 0.5) is 5.82 Å². The van der Waals surface area contributed by atoms with Gasteiger partial charge in [0.25, 0.3) is 11.8 Å². The Morgan fingerprint density at radius 3 is 2.88 bits per heavy atom. The van der Waals surface area contributed by atoms with Crippen LogP contribution in [0.5, 0.6) is 5.88 Å². The molecule has 3 heterocycles. The quantitative estimate of drug-likeness (QED) is 0.825. The lowest BCUT2D eigenvalue weighted by atomic mass is 10.1. The molecule has 1 saturated heterocycles. The van der Waals surface area contributed by atoms with Crippen molar-refractivity contribution in [2.75, 3.05) is 32.1 Å². The number of amides is 1. The topological polar surface area (TPSA) is 84.3 Å². The number of piperidine rings is 1. The standard InChI is InChI=1S/C15H20N6O2S/c1-10-12(24-19-18-10)15(22)21-8-4-5-11(9-21)23-14-13(20(2)3)16-6-7-17-14/h6-7,11H,4-5,8-9H2,1-3H3. The van der Waals surface area contributed by atoms with Crippen LogP contribution >= 0.6 is 11.5 Å². The fourth-order valence-electron chi connectivity index (χ4n) is 2.66. The van der Waals surface area contributed by atoms with Gasteiger partial charge < -0.3 is 14.5 Å². The van der Waals surface area contributed by atoms with Crippen LogP contribution in [0.3, 0.4) is 0 Å². The summed E-state index contributed by atoms with van der Waals surface area (Å²) in [7, 11) is 3.79. The number of hydrogen-bond acceptors (Lipinski definition) is 8. The highest BCUT2D eigenvalue weighted by atomic mass is 32.1. The summed E-state index contributed by atoms with van der Waals surface area (Å²) >= 11 is 1.14. The van der Waals surface area contributed by atoms with Gasteiger partial charge in [0.05, 0.1) is 12.2 Å². The molecule has 0 bridgehead atoms. The minimum Gasteiger partial charge on any atom is -0.470 e. The van der Waals surface area contributed by atoms with E-state index in [1.165, 1.54) is 0 Å². The van der Waals surface area contributed by atoms with Crippen LogP contribution in [0.1, 0.15) is 28.2 Å². The van der Waals surface area contributed by atoms with E-state index in [0.717, 1.165) is 30.9 Å². The Morgan fingerprint density at radius 2 is 2.17 bits per heavy atom. The van der Waals surface area contributed by atoms with Gasteiger partial charge in [-0.1, -0.05) is 4.49 Å². The number of hydrogen-bond donors (Lipinski definition) is 0. The summed E-state index contributed by atoms with van der Waals surface area (Å²) in [6, 6.07) is 0. The van der Waals surface area contributed by atoms with Gasteiger partial charge in [-0.2, -0.15) is 0 Å². The van der Waals surface area contributed by atoms with E-state index in [0.29, 0.717) is 28.8 Å². The van der Waals surface area contributed by atoms with E-state index in [-0.39, 0.29) is 12.0 Å². The van der Waals surface area contributed by atoms with Crippen LogP contribution in [0, 0.1) is 6.92 Å². The van der Waals surface area contributed by atoms with E-state index in [1.54, 1.807) is 19.3 Å². The molecule has 1 amide bonds. The lowest BCUT2D eigenvalue weighted by Crippen LogP contribution is -2.44. The van der Waals surface area contributed by atoms with Gasteiger partial charge >= 0.3 is 0 Å². The lowest BCUT2D eigenvalue weighted by Gasteiger charge is -2.32. The normalized spacial score (nSPS) is 17.6. The number of aromatic nitrogens is 4. The maximum atomic E-state index is 12.6. The molecule has 0 N–H and O–H groups in total. The minimum atomic E-state index is -0.0979. The van der Waals surface area contributed by atoms with Gasteiger partial charge in [0.1, 0.15) is 11.0 Å². The molecule has 3 rings (SSSR count). The van der Waals surface area contributed by atoms with Crippen molar-refractivity contribution in [2.45, 2.75) is 25.9 Å². The van der Waals surface area contributed by atoms with E-state index >= 15 is 0 Å². The third-order valence-electron chi connectivity index (χ3n) is 3.86. The van der Waals surface area contributed by atoms with Gasteiger partial charge in [-0.05, 0) is 31.3 Å². The highest BCUT2D eigenvalue weighted by Gasteiger charge is 2.28. The molecule has 1 atom stereocenters. The zero-order valence-corrected chi connectivity index (χ0v) is 14.8.